The third kappa shape index (κ3) is 3.27. The van der Waals surface area contributed by atoms with Gasteiger partial charge >= 0.3 is 0 Å². The lowest BCUT2D eigenvalue weighted by molar-refractivity contribution is 0.103. The molecule has 0 atom stereocenters. The zero-order valence-corrected chi connectivity index (χ0v) is 16.8. The Morgan fingerprint density at radius 2 is 2.00 bits per heavy atom. The zero-order chi connectivity index (χ0) is 19.7. The maximum absolute atomic E-state index is 12.8. The predicted octanol–water partition coefficient (Wildman–Crippen LogP) is 5.35. The highest BCUT2D eigenvalue weighted by Crippen LogP contribution is 2.32. The maximum Gasteiger partial charge on any atom is 0.265 e. The second kappa shape index (κ2) is 7.48. The van der Waals surface area contributed by atoms with Gasteiger partial charge in [0.2, 0.25) is 0 Å². The Morgan fingerprint density at radius 1 is 1.18 bits per heavy atom. The summed E-state index contributed by atoms with van der Waals surface area (Å²) in [7, 11) is 1.60. The molecule has 5 nitrogen and oxygen atoms in total. The van der Waals surface area contributed by atoms with E-state index in [0.717, 1.165) is 33.8 Å². The number of anilines is 1. The maximum atomic E-state index is 12.8. The molecule has 0 aliphatic heterocycles. The van der Waals surface area contributed by atoms with E-state index in [1.807, 2.05) is 55.5 Å². The molecule has 4 rings (SSSR count). The fraction of sp³-hybridized carbons (Fsp3) is 0.182. The highest BCUT2D eigenvalue weighted by molar-refractivity contribution is 7.17. The Bertz CT molecular complexity index is 1160. The van der Waals surface area contributed by atoms with Gasteiger partial charge in [-0.15, -0.1) is 11.3 Å². The van der Waals surface area contributed by atoms with E-state index in [0.29, 0.717) is 16.3 Å². The SMILES string of the molecule is CCn1c(-c2ccc(C(=O)Nc3cc(C)ccc3OC)s2)nc2ccccc21. The van der Waals surface area contributed by atoms with E-state index in [1.165, 1.54) is 11.3 Å². The number of methoxy groups -OCH3 is 1. The molecule has 0 saturated carbocycles. The number of hydrogen-bond acceptors (Lipinski definition) is 4. The van der Waals surface area contributed by atoms with E-state index < -0.39 is 0 Å². The standard InChI is InChI=1S/C22H21N3O2S/c1-4-25-17-8-6-5-7-15(17)23-21(25)19-11-12-20(28-19)22(26)24-16-13-14(2)9-10-18(16)27-3/h5-13H,4H2,1-3H3,(H,24,26). The van der Waals surface area contributed by atoms with Crippen LogP contribution >= 0.6 is 11.3 Å². The van der Waals surface area contributed by atoms with Crippen LogP contribution in [0.25, 0.3) is 21.7 Å². The van der Waals surface area contributed by atoms with Gasteiger partial charge in [0, 0.05) is 6.54 Å². The van der Waals surface area contributed by atoms with Gasteiger partial charge in [-0.05, 0) is 55.8 Å². The largest absolute Gasteiger partial charge is 0.495 e. The lowest BCUT2D eigenvalue weighted by Gasteiger charge is -2.10. The number of ether oxygens (including phenoxy) is 1. The molecule has 0 aliphatic carbocycles. The van der Waals surface area contributed by atoms with Gasteiger partial charge in [-0.1, -0.05) is 18.2 Å². The van der Waals surface area contributed by atoms with Crippen molar-refractivity contribution in [2.45, 2.75) is 20.4 Å². The van der Waals surface area contributed by atoms with Crippen molar-refractivity contribution in [3.8, 4) is 16.5 Å². The van der Waals surface area contributed by atoms with Gasteiger partial charge in [0.1, 0.15) is 5.75 Å². The Kier molecular flexibility index (Phi) is 4.88. The molecule has 2 heterocycles. The summed E-state index contributed by atoms with van der Waals surface area (Å²) in [6, 6.07) is 17.6. The molecule has 2 aromatic carbocycles. The number of nitrogens with one attached hydrogen (secondary N) is 1. The van der Waals surface area contributed by atoms with Crippen molar-refractivity contribution >= 4 is 34.0 Å². The first-order valence-electron chi connectivity index (χ1n) is 9.12. The zero-order valence-electron chi connectivity index (χ0n) is 16.0. The molecule has 1 N–H and O–H groups in total. The van der Waals surface area contributed by atoms with Gasteiger partial charge in [0.05, 0.1) is 33.6 Å². The van der Waals surface area contributed by atoms with Crippen molar-refractivity contribution in [3.63, 3.8) is 0 Å². The third-order valence-electron chi connectivity index (χ3n) is 4.62. The van der Waals surface area contributed by atoms with Crippen LogP contribution in [0.15, 0.2) is 54.6 Å². The first-order valence-corrected chi connectivity index (χ1v) is 9.94. The minimum absolute atomic E-state index is 0.153. The molecule has 2 aromatic heterocycles. The van der Waals surface area contributed by atoms with Gasteiger partial charge in [0.15, 0.2) is 5.82 Å². The second-order valence-corrected chi connectivity index (χ2v) is 7.57. The number of carbonyl (C=O) groups excluding carboxylic acids is 1. The number of thiophene rings is 1. The Hall–Kier alpha value is -3.12. The summed E-state index contributed by atoms with van der Waals surface area (Å²) in [6.07, 6.45) is 0. The number of aryl methyl sites for hydroxylation is 2. The number of hydrogen-bond donors (Lipinski definition) is 1. The molecule has 142 valence electrons. The van der Waals surface area contributed by atoms with Crippen LogP contribution in [0.1, 0.15) is 22.2 Å². The van der Waals surface area contributed by atoms with Crippen LogP contribution in [0.3, 0.4) is 0 Å². The van der Waals surface area contributed by atoms with Crippen LogP contribution in [0, 0.1) is 6.92 Å². The number of nitrogens with zero attached hydrogens (tertiary/aromatic N) is 2. The molecule has 4 aromatic rings. The topological polar surface area (TPSA) is 56.2 Å². The van der Waals surface area contributed by atoms with E-state index in [2.05, 4.69) is 22.9 Å². The Labute approximate surface area is 167 Å². The molecule has 0 fully saturated rings. The smallest absolute Gasteiger partial charge is 0.265 e. The monoisotopic (exact) mass is 391 g/mol. The number of carbonyl (C=O) groups is 1. The molecule has 0 unspecified atom stereocenters. The van der Waals surface area contributed by atoms with Crippen LogP contribution < -0.4 is 10.1 Å². The summed E-state index contributed by atoms with van der Waals surface area (Å²) < 4.78 is 7.52. The number of para-hydroxylation sites is 2. The number of rotatable bonds is 5. The minimum atomic E-state index is -0.153. The molecule has 0 radical (unpaired) electrons. The first kappa shape index (κ1) is 18.3. The van der Waals surface area contributed by atoms with Crippen molar-refractivity contribution in [3.05, 3.63) is 65.0 Å². The number of amides is 1. The highest BCUT2D eigenvalue weighted by atomic mass is 32.1. The Balaban J connectivity index is 1.65. The van der Waals surface area contributed by atoms with Crippen molar-refractivity contribution in [2.24, 2.45) is 0 Å². The number of fused-ring (bicyclic) bond motifs is 1. The number of aromatic nitrogens is 2. The minimum Gasteiger partial charge on any atom is -0.495 e. The average molecular weight is 391 g/mol. The lowest BCUT2D eigenvalue weighted by Crippen LogP contribution is -2.11. The summed E-state index contributed by atoms with van der Waals surface area (Å²) in [4.78, 5) is 19.2. The molecule has 0 spiro atoms. The van der Waals surface area contributed by atoms with E-state index in [1.54, 1.807) is 7.11 Å². The van der Waals surface area contributed by atoms with E-state index in [9.17, 15) is 4.79 Å². The van der Waals surface area contributed by atoms with Crippen molar-refractivity contribution in [1.29, 1.82) is 0 Å². The highest BCUT2D eigenvalue weighted by Gasteiger charge is 2.17. The summed E-state index contributed by atoms with van der Waals surface area (Å²) in [5, 5.41) is 2.96. The van der Waals surface area contributed by atoms with Crippen LogP contribution in [-0.4, -0.2) is 22.6 Å². The number of imidazole rings is 1. The van der Waals surface area contributed by atoms with Crippen molar-refractivity contribution < 1.29 is 9.53 Å². The van der Waals surface area contributed by atoms with Crippen LogP contribution in [0.2, 0.25) is 0 Å². The molecular weight excluding hydrogens is 370 g/mol. The predicted molar refractivity (Wildman–Crippen MR) is 114 cm³/mol. The van der Waals surface area contributed by atoms with E-state index in [4.69, 9.17) is 9.72 Å². The van der Waals surface area contributed by atoms with Gasteiger partial charge in [-0.2, -0.15) is 0 Å². The molecular formula is C22H21N3O2S. The van der Waals surface area contributed by atoms with E-state index in [-0.39, 0.29) is 5.91 Å². The summed E-state index contributed by atoms with van der Waals surface area (Å²) in [6.45, 7) is 4.90. The summed E-state index contributed by atoms with van der Waals surface area (Å²) in [5.41, 5.74) is 3.79. The third-order valence-corrected chi connectivity index (χ3v) is 5.70. The molecule has 28 heavy (non-hydrogen) atoms. The van der Waals surface area contributed by atoms with Crippen molar-refractivity contribution in [1.82, 2.24) is 9.55 Å². The van der Waals surface area contributed by atoms with Gasteiger partial charge in [0.25, 0.3) is 5.91 Å². The van der Waals surface area contributed by atoms with Crippen LogP contribution in [-0.2, 0) is 6.54 Å². The molecule has 6 heteroatoms. The Morgan fingerprint density at radius 3 is 2.79 bits per heavy atom. The van der Waals surface area contributed by atoms with Crippen LogP contribution in [0.4, 0.5) is 5.69 Å². The second-order valence-electron chi connectivity index (χ2n) is 6.49. The molecule has 0 saturated heterocycles. The summed E-state index contributed by atoms with van der Waals surface area (Å²) in [5.74, 6) is 1.38. The fourth-order valence-electron chi connectivity index (χ4n) is 3.27. The lowest BCUT2D eigenvalue weighted by atomic mass is 10.2. The molecule has 0 bridgehead atoms. The average Bonchev–Trinajstić information content (AvgIpc) is 3.32. The quantitative estimate of drug-likeness (QED) is 0.499. The van der Waals surface area contributed by atoms with Gasteiger partial charge < -0.3 is 14.6 Å². The van der Waals surface area contributed by atoms with Crippen LogP contribution in [0.5, 0.6) is 5.75 Å². The number of benzene rings is 2. The molecule has 0 aliphatic rings. The van der Waals surface area contributed by atoms with Gasteiger partial charge in [-0.25, -0.2) is 4.98 Å². The van der Waals surface area contributed by atoms with Gasteiger partial charge in [-0.3, -0.25) is 4.79 Å². The molecule has 1 amide bonds. The first-order chi connectivity index (χ1) is 13.6. The normalized spacial score (nSPS) is 11.0. The van der Waals surface area contributed by atoms with Crippen molar-refractivity contribution in [2.75, 3.05) is 12.4 Å². The van der Waals surface area contributed by atoms with E-state index >= 15 is 0 Å². The fourth-order valence-corrected chi connectivity index (χ4v) is 4.17. The summed E-state index contributed by atoms with van der Waals surface area (Å²) >= 11 is 1.44.